The first kappa shape index (κ1) is 16.4. The van der Waals surface area contributed by atoms with Gasteiger partial charge in [0.05, 0.1) is 5.92 Å². The summed E-state index contributed by atoms with van der Waals surface area (Å²) in [6.07, 6.45) is 3.59. The molecule has 0 aliphatic heterocycles. The zero-order chi connectivity index (χ0) is 18.1. The number of hydrogen-bond donors (Lipinski definition) is 2. The lowest BCUT2D eigenvalue weighted by Crippen LogP contribution is -2.21. The molecule has 1 aliphatic rings. The van der Waals surface area contributed by atoms with E-state index in [1.54, 1.807) is 12.4 Å². The number of aryl methyl sites for hydroxylation is 1. The van der Waals surface area contributed by atoms with E-state index < -0.39 is 0 Å². The third-order valence-electron chi connectivity index (χ3n) is 4.95. The Bertz CT molecular complexity index is 908. The van der Waals surface area contributed by atoms with Gasteiger partial charge in [-0.3, -0.25) is 10.0 Å². The minimum Gasteiger partial charge on any atom is -0.289 e. The lowest BCUT2D eigenvalue weighted by Gasteiger charge is -2.04. The molecule has 0 radical (unpaired) electrons. The third kappa shape index (κ3) is 2.97. The van der Waals surface area contributed by atoms with E-state index in [0.29, 0.717) is 5.82 Å². The molecule has 4 rings (SSSR count). The molecule has 130 valence electrons. The van der Waals surface area contributed by atoms with Crippen molar-refractivity contribution in [3.8, 4) is 11.4 Å². The fraction of sp³-hybridized carbons (Fsp3) is 0.190. The minimum absolute atomic E-state index is 0.0533. The number of benzene rings is 2. The molecule has 1 amide bonds. The van der Waals surface area contributed by atoms with Crippen LogP contribution in [0, 0.1) is 12.8 Å². The smallest absolute Gasteiger partial charge is 0.247 e. The summed E-state index contributed by atoms with van der Waals surface area (Å²) in [6.45, 7) is 1.95. The molecule has 1 fully saturated rings. The first-order chi connectivity index (χ1) is 12.7. The molecule has 2 aromatic carbocycles. The van der Waals surface area contributed by atoms with E-state index in [4.69, 9.17) is 5.21 Å². The largest absolute Gasteiger partial charge is 0.289 e. The highest BCUT2D eigenvalue weighted by Gasteiger charge is 2.56. The Balaban J connectivity index is 1.61. The minimum atomic E-state index is -0.338. The molecular formula is C21H19N3O2. The molecule has 1 aliphatic carbocycles. The topological polar surface area (TPSA) is 75.1 Å². The molecule has 3 atom stereocenters. The van der Waals surface area contributed by atoms with Gasteiger partial charge in [0, 0.05) is 29.8 Å². The maximum atomic E-state index is 12.1. The number of amides is 1. The zero-order valence-electron chi connectivity index (χ0n) is 14.3. The second-order valence-corrected chi connectivity index (χ2v) is 6.67. The summed E-state index contributed by atoms with van der Waals surface area (Å²) in [5, 5.41) is 9.07. The van der Waals surface area contributed by atoms with E-state index in [9.17, 15) is 4.79 Å². The standard InChI is InChI=1S/C21H19N3O2/c1-13-11-22-20(23-12-13)16-9-7-15(8-10-16)18-17(19(18)21(25)24-26)14-5-3-2-4-6-14/h2-12,17-19,26H,1H3,(H,24,25)/t17-,18-,19-/m1/s1. The van der Waals surface area contributed by atoms with Crippen molar-refractivity contribution in [2.24, 2.45) is 5.92 Å². The third-order valence-corrected chi connectivity index (χ3v) is 4.95. The maximum Gasteiger partial charge on any atom is 0.247 e. The number of hydrogen-bond acceptors (Lipinski definition) is 4. The normalized spacial score (nSPS) is 21.2. The van der Waals surface area contributed by atoms with E-state index in [1.165, 1.54) is 0 Å². The molecule has 1 saturated carbocycles. The Kier molecular flexibility index (Phi) is 4.22. The number of aromatic nitrogens is 2. The van der Waals surface area contributed by atoms with Gasteiger partial charge in [0.2, 0.25) is 5.91 Å². The van der Waals surface area contributed by atoms with Crippen LogP contribution in [0.2, 0.25) is 0 Å². The quantitative estimate of drug-likeness (QED) is 0.561. The van der Waals surface area contributed by atoms with Gasteiger partial charge >= 0.3 is 0 Å². The average molecular weight is 345 g/mol. The highest BCUT2D eigenvalue weighted by atomic mass is 16.5. The number of nitrogens with zero attached hydrogens (tertiary/aromatic N) is 2. The van der Waals surface area contributed by atoms with Crippen LogP contribution in [0.3, 0.4) is 0 Å². The first-order valence-corrected chi connectivity index (χ1v) is 8.57. The summed E-state index contributed by atoms with van der Waals surface area (Å²) in [5.41, 5.74) is 5.95. The number of nitrogens with one attached hydrogen (secondary N) is 1. The molecule has 0 bridgehead atoms. The van der Waals surface area contributed by atoms with Crippen molar-refractivity contribution in [3.05, 3.63) is 83.7 Å². The van der Waals surface area contributed by atoms with Gasteiger partial charge in [0.15, 0.2) is 5.82 Å². The number of carbonyl (C=O) groups excluding carboxylic acids is 1. The molecular weight excluding hydrogens is 326 g/mol. The van der Waals surface area contributed by atoms with E-state index in [2.05, 4.69) is 9.97 Å². The van der Waals surface area contributed by atoms with Crippen LogP contribution in [0.25, 0.3) is 11.4 Å². The van der Waals surface area contributed by atoms with Gasteiger partial charge in [-0.2, -0.15) is 0 Å². The van der Waals surface area contributed by atoms with Crippen LogP contribution >= 0.6 is 0 Å². The van der Waals surface area contributed by atoms with Crippen molar-refractivity contribution in [1.29, 1.82) is 0 Å². The SMILES string of the molecule is Cc1cnc(-c2ccc([C@H]3[C@H](C(=O)NO)[C@@H]3c3ccccc3)cc2)nc1. The summed E-state index contributed by atoms with van der Waals surface area (Å²) in [5.74, 6) is 0.211. The monoisotopic (exact) mass is 345 g/mol. The molecule has 1 heterocycles. The van der Waals surface area contributed by atoms with Crippen molar-refractivity contribution in [1.82, 2.24) is 15.4 Å². The Labute approximate surface area is 151 Å². The number of hydroxylamine groups is 1. The molecule has 1 aromatic heterocycles. The Hall–Kier alpha value is -3.05. The van der Waals surface area contributed by atoms with Crippen molar-refractivity contribution in [2.75, 3.05) is 0 Å². The number of carbonyl (C=O) groups is 1. The summed E-state index contributed by atoms with van der Waals surface area (Å²) >= 11 is 0. The predicted octanol–water partition coefficient (Wildman–Crippen LogP) is 3.45. The Morgan fingerprint density at radius 2 is 1.50 bits per heavy atom. The average Bonchev–Trinajstić information content (AvgIpc) is 3.44. The predicted molar refractivity (Wildman–Crippen MR) is 97.5 cm³/mol. The van der Waals surface area contributed by atoms with Gasteiger partial charge in [-0.05, 0) is 23.6 Å². The van der Waals surface area contributed by atoms with Crippen LogP contribution in [-0.2, 0) is 4.79 Å². The van der Waals surface area contributed by atoms with E-state index in [1.807, 2.05) is 67.0 Å². The van der Waals surface area contributed by atoms with Gasteiger partial charge in [-0.15, -0.1) is 0 Å². The molecule has 0 unspecified atom stereocenters. The van der Waals surface area contributed by atoms with Crippen LogP contribution in [0.5, 0.6) is 0 Å². The summed E-state index contributed by atoms with van der Waals surface area (Å²) in [6, 6.07) is 17.9. The van der Waals surface area contributed by atoms with Gasteiger partial charge in [0.25, 0.3) is 0 Å². The molecule has 3 aromatic rings. The van der Waals surface area contributed by atoms with Gasteiger partial charge < -0.3 is 0 Å². The lowest BCUT2D eigenvalue weighted by molar-refractivity contribution is -0.130. The van der Waals surface area contributed by atoms with E-state index in [0.717, 1.165) is 22.3 Å². The van der Waals surface area contributed by atoms with Crippen molar-refractivity contribution in [3.63, 3.8) is 0 Å². The second-order valence-electron chi connectivity index (χ2n) is 6.67. The van der Waals surface area contributed by atoms with Crippen LogP contribution < -0.4 is 5.48 Å². The second kappa shape index (κ2) is 6.69. The van der Waals surface area contributed by atoms with Crippen LogP contribution in [0.4, 0.5) is 0 Å². The van der Waals surface area contributed by atoms with Crippen molar-refractivity contribution < 1.29 is 10.0 Å². The molecule has 5 nitrogen and oxygen atoms in total. The molecule has 0 saturated heterocycles. The lowest BCUT2D eigenvalue weighted by atomic mass is 10.0. The molecule has 26 heavy (non-hydrogen) atoms. The van der Waals surface area contributed by atoms with Crippen LogP contribution in [0.15, 0.2) is 67.0 Å². The summed E-state index contributed by atoms with van der Waals surface area (Å²) < 4.78 is 0. The molecule has 2 N–H and O–H groups in total. The van der Waals surface area contributed by atoms with Gasteiger partial charge in [0.1, 0.15) is 0 Å². The van der Waals surface area contributed by atoms with E-state index >= 15 is 0 Å². The van der Waals surface area contributed by atoms with Crippen molar-refractivity contribution >= 4 is 5.91 Å². The van der Waals surface area contributed by atoms with Crippen LogP contribution in [-0.4, -0.2) is 21.1 Å². The molecule has 5 heteroatoms. The Morgan fingerprint density at radius 1 is 0.923 bits per heavy atom. The van der Waals surface area contributed by atoms with Gasteiger partial charge in [-0.1, -0.05) is 54.6 Å². The maximum absolute atomic E-state index is 12.1. The first-order valence-electron chi connectivity index (χ1n) is 8.57. The number of rotatable bonds is 4. The summed E-state index contributed by atoms with van der Waals surface area (Å²) in [4.78, 5) is 20.8. The zero-order valence-corrected chi connectivity index (χ0v) is 14.3. The van der Waals surface area contributed by atoms with Gasteiger partial charge in [-0.25, -0.2) is 15.4 Å². The Morgan fingerprint density at radius 3 is 2.08 bits per heavy atom. The highest BCUT2D eigenvalue weighted by molar-refractivity contribution is 5.84. The summed E-state index contributed by atoms with van der Waals surface area (Å²) in [7, 11) is 0. The highest BCUT2D eigenvalue weighted by Crippen LogP contribution is 2.60. The molecule has 0 spiro atoms. The van der Waals surface area contributed by atoms with E-state index in [-0.39, 0.29) is 23.7 Å². The fourth-order valence-electron chi connectivity index (χ4n) is 3.61. The van der Waals surface area contributed by atoms with Crippen LogP contribution in [0.1, 0.15) is 28.5 Å². The van der Waals surface area contributed by atoms with Crippen molar-refractivity contribution in [2.45, 2.75) is 18.8 Å². The fourth-order valence-corrected chi connectivity index (χ4v) is 3.61.